The van der Waals surface area contributed by atoms with E-state index in [0.29, 0.717) is 17.9 Å². The first-order chi connectivity index (χ1) is 10.2. The van der Waals surface area contributed by atoms with Gasteiger partial charge in [0.1, 0.15) is 0 Å². The van der Waals surface area contributed by atoms with Crippen LogP contribution >= 0.6 is 0 Å². The van der Waals surface area contributed by atoms with Gasteiger partial charge in [0.15, 0.2) is 0 Å². The predicted molar refractivity (Wildman–Crippen MR) is 85.4 cm³/mol. The Kier molecular flexibility index (Phi) is 4.29. The van der Waals surface area contributed by atoms with E-state index in [1.54, 1.807) is 0 Å². The molecule has 0 bridgehead atoms. The van der Waals surface area contributed by atoms with Crippen LogP contribution in [-0.2, 0) is 4.79 Å². The van der Waals surface area contributed by atoms with Gasteiger partial charge in [-0.05, 0) is 50.8 Å². The van der Waals surface area contributed by atoms with E-state index in [4.69, 9.17) is 0 Å². The van der Waals surface area contributed by atoms with Crippen LogP contribution in [0, 0.1) is 6.92 Å². The van der Waals surface area contributed by atoms with Gasteiger partial charge in [-0.15, -0.1) is 0 Å². The molecule has 2 fully saturated rings. The van der Waals surface area contributed by atoms with E-state index in [2.05, 4.69) is 48.3 Å². The molecular formula is C18H26N2O. The summed E-state index contributed by atoms with van der Waals surface area (Å²) in [6.07, 6.45) is 4.46. The van der Waals surface area contributed by atoms with Crippen LogP contribution in [-0.4, -0.2) is 36.0 Å². The average Bonchev–Trinajstić information content (AvgIpc) is 2.89. The molecule has 3 nitrogen and oxygen atoms in total. The maximum absolute atomic E-state index is 12.7. The molecule has 3 heteroatoms. The molecule has 114 valence electrons. The summed E-state index contributed by atoms with van der Waals surface area (Å²) in [4.78, 5) is 14.8. The van der Waals surface area contributed by atoms with E-state index in [-0.39, 0.29) is 6.04 Å². The smallest absolute Gasteiger partial charge is 0.239 e. The largest absolute Gasteiger partial charge is 0.338 e. The molecule has 1 aromatic rings. The van der Waals surface area contributed by atoms with E-state index in [1.165, 1.54) is 24.0 Å². The second-order valence-electron chi connectivity index (χ2n) is 6.63. The van der Waals surface area contributed by atoms with Crippen molar-refractivity contribution in [3.8, 4) is 0 Å². The number of amides is 1. The second-order valence-corrected chi connectivity index (χ2v) is 6.63. The molecule has 2 aliphatic rings. The maximum Gasteiger partial charge on any atom is 0.239 e. The first kappa shape index (κ1) is 14.6. The number of nitrogens with one attached hydrogen (secondary N) is 1. The van der Waals surface area contributed by atoms with Crippen molar-refractivity contribution in [3.63, 3.8) is 0 Å². The minimum absolute atomic E-state index is 0.0526. The Morgan fingerprint density at radius 3 is 2.81 bits per heavy atom. The van der Waals surface area contributed by atoms with E-state index in [9.17, 15) is 4.79 Å². The Bertz CT molecular complexity index is 508. The SMILES string of the molecule is Cc1ccccc1C1CC(C)N(C(=O)C2CCCCN2)C1. The molecule has 3 unspecified atom stereocenters. The molecule has 1 N–H and O–H groups in total. The van der Waals surface area contributed by atoms with Gasteiger partial charge >= 0.3 is 0 Å². The normalized spacial score (nSPS) is 29.6. The Hall–Kier alpha value is -1.35. The molecule has 0 radical (unpaired) electrons. The van der Waals surface area contributed by atoms with E-state index < -0.39 is 0 Å². The van der Waals surface area contributed by atoms with E-state index in [0.717, 1.165) is 25.9 Å². The molecule has 0 saturated carbocycles. The molecule has 0 aromatic heterocycles. The number of carbonyl (C=O) groups is 1. The second kappa shape index (κ2) is 6.18. The van der Waals surface area contributed by atoms with Gasteiger partial charge in [0.25, 0.3) is 0 Å². The van der Waals surface area contributed by atoms with E-state index >= 15 is 0 Å². The van der Waals surface area contributed by atoms with Crippen LogP contribution in [0.1, 0.15) is 49.7 Å². The van der Waals surface area contributed by atoms with Gasteiger partial charge in [-0.25, -0.2) is 0 Å². The van der Waals surface area contributed by atoms with E-state index in [1.807, 2.05) is 0 Å². The fraction of sp³-hybridized carbons (Fsp3) is 0.611. The summed E-state index contributed by atoms with van der Waals surface area (Å²) in [6.45, 7) is 6.23. The maximum atomic E-state index is 12.7. The predicted octanol–water partition coefficient (Wildman–Crippen LogP) is 2.84. The minimum atomic E-state index is 0.0526. The van der Waals surface area contributed by atoms with Crippen molar-refractivity contribution < 1.29 is 4.79 Å². The van der Waals surface area contributed by atoms with Gasteiger partial charge < -0.3 is 10.2 Å². The van der Waals surface area contributed by atoms with Gasteiger partial charge in [-0.3, -0.25) is 4.79 Å². The third-order valence-electron chi connectivity index (χ3n) is 5.09. The van der Waals surface area contributed by atoms with Crippen molar-refractivity contribution in [2.24, 2.45) is 0 Å². The summed E-state index contributed by atoms with van der Waals surface area (Å²) in [7, 11) is 0. The third kappa shape index (κ3) is 2.98. The highest BCUT2D eigenvalue weighted by Gasteiger charge is 2.36. The molecule has 2 aliphatic heterocycles. The number of rotatable bonds is 2. The summed E-state index contributed by atoms with van der Waals surface area (Å²) < 4.78 is 0. The molecule has 3 atom stereocenters. The highest BCUT2D eigenvalue weighted by molar-refractivity contribution is 5.82. The van der Waals surface area contributed by atoms with Crippen LogP contribution in [0.2, 0.25) is 0 Å². The van der Waals surface area contributed by atoms with Gasteiger partial charge in [0, 0.05) is 18.5 Å². The number of nitrogens with zero attached hydrogens (tertiary/aromatic N) is 1. The first-order valence-corrected chi connectivity index (χ1v) is 8.26. The van der Waals surface area contributed by atoms with Crippen LogP contribution in [0.15, 0.2) is 24.3 Å². The highest BCUT2D eigenvalue weighted by atomic mass is 16.2. The van der Waals surface area contributed by atoms with Crippen molar-refractivity contribution in [1.29, 1.82) is 0 Å². The fourth-order valence-electron chi connectivity index (χ4n) is 3.87. The zero-order chi connectivity index (χ0) is 14.8. The van der Waals surface area contributed by atoms with Crippen LogP contribution in [0.5, 0.6) is 0 Å². The van der Waals surface area contributed by atoms with Crippen LogP contribution in [0.25, 0.3) is 0 Å². The standard InChI is InChI=1S/C18H26N2O/c1-13-7-3-4-8-16(13)15-11-14(2)20(12-15)18(21)17-9-5-6-10-19-17/h3-4,7-8,14-15,17,19H,5-6,9-12H2,1-2H3. The van der Waals surface area contributed by atoms with Crippen LogP contribution in [0.4, 0.5) is 0 Å². The topological polar surface area (TPSA) is 32.3 Å². The minimum Gasteiger partial charge on any atom is -0.338 e. The molecular weight excluding hydrogens is 260 g/mol. The Morgan fingerprint density at radius 1 is 1.29 bits per heavy atom. The lowest BCUT2D eigenvalue weighted by Crippen LogP contribution is -2.49. The molecule has 1 aromatic carbocycles. The summed E-state index contributed by atoms with van der Waals surface area (Å²) in [5, 5.41) is 3.39. The summed E-state index contributed by atoms with van der Waals surface area (Å²) in [5.41, 5.74) is 2.76. The summed E-state index contributed by atoms with van der Waals surface area (Å²) >= 11 is 0. The molecule has 2 saturated heterocycles. The van der Waals surface area contributed by atoms with Crippen molar-refractivity contribution >= 4 is 5.91 Å². The number of aryl methyl sites for hydroxylation is 1. The fourth-order valence-corrected chi connectivity index (χ4v) is 3.87. The Morgan fingerprint density at radius 2 is 2.10 bits per heavy atom. The quantitative estimate of drug-likeness (QED) is 0.906. The first-order valence-electron chi connectivity index (χ1n) is 8.26. The van der Waals surface area contributed by atoms with Crippen molar-refractivity contribution in [3.05, 3.63) is 35.4 Å². The molecule has 0 spiro atoms. The van der Waals surface area contributed by atoms with Crippen LogP contribution in [0.3, 0.4) is 0 Å². The summed E-state index contributed by atoms with van der Waals surface area (Å²) in [6, 6.07) is 9.00. The molecule has 21 heavy (non-hydrogen) atoms. The number of carbonyl (C=O) groups excluding carboxylic acids is 1. The van der Waals surface area contributed by atoms with Gasteiger partial charge in [-0.1, -0.05) is 30.7 Å². The van der Waals surface area contributed by atoms with Gasteiger partial charge in [-0.2, -0.15) is 0 Å². The summed E-state index contributed by atoms with van der Waals surface area (Å²) in [5.74, 6) is 0.812. The average molecular weight is 286 g/mol. The van der Waals surface area contributed by atoms with Gasteiger partial charge in [0.2, 0.25) is 5.91 Å². The number of likely N-dealkylation sites (tertiary alicyclic amines) is 1. The Balaban J connectivity index is 1.71. The molecule has 1 amide bonds. The lowest BCUT2D eigenvalue weighted by Gasteiger charge is -2.30. The highest BCUT2D eigenvalue weighted by Crippen LogP contribution is 2.33. The number of piperidine rings is 1. The van der Waals surface area contributed by atoms with Crippen molar-refractivity contribution in [1.82, 2.24) is 10.2 Å². The lowest BCUT2D eigenvalue weighted by molar-refractivity contribution is -0.134. The number of hydrogen-bond acceptors (Lipinski definition) is 2. The number of benzene rings is 1. The Labute approximate surface area is 127 Å². The van der Waals surface area contributed by atoms with Gasteiger partial charge in [0.05, 0.1) is 6.04 Å². The van der Waals surface area contributed by atoms with Crippen LogP contribution < -0.4 is 5.32 Å². The third-order valence-corrected chi connectivity index (χ3v) is 5.09. The monoisotopic (exact) mass is 286 g/mol. The van der Waals surface area contributed by atoms with Crippen molar-refractivity contribution in [2.75, 3.05) is 13.1 Å². The zero-order valence-corrected chi connectivity index (χ0v) is 13.1. The van der Waals surface area contributed by atoms with Crippen molar-refractivity contribution in [2.45, 2.75) is 57.5 Å². The number of hydrogen-bond donors (Lipinski definition) is 1. The molecule has 2 heterocycles. The molecule has 3 rings (SSSR count). The zero-order valence-electron chi connectivity index (χ0n) is 13.1. The lowest BCUT2D eigenvalue weighted by atomic mass is 9.93. The molecule has 0 aliphatic carbocycles.